The summed E-state index contributed by atoms with van der Waals surface area (Å²) in [6, 6.07) is 5.95. The standard InChI is InChI=1S/C19H25N3O5S/c1-3-21(4-2)17(23)13-27-19(24)15-10-7-8-12-22(15)18-14-9-5-6-11-16(14)28(25,26)20-18/h5-6,9,11,15H,3-4,7-8,10,12-13H2,1-2H3/t15-/m1/s1. The van der Waals surface area contributed by atoms with Gasteiger partial charge in [-0.1, -0.05) is 12.1 Å². The first-order valence-electron chi connectivity index (χ1n) is 9.54. The van der Waals surface area contributed by atoms with E-state index in [1.165, 1.54) is 6.07 Å². The van der Waals surface area contributed by atoms with E-state index in [1.54, 1.807) is 28.0 Å². The summed E-state index contributed by atoms with van der Waals surface area (Å²) in [6.07, 6.45) is 2.17. The Hall–Kier alpha value is -2.42. The Kier molecular flexibility index (Phi) is 6.02. The predicted molar refractivity (Wildman–Crippen MR) is 103 cm³/mol. The van der Waals surface area contributed by atoms with Gasteiger partial charge in [0.05, 0.1) is 0 Å². The van der Waals surface area contributed by atoms with Crippen LogP contribution in [0.25, 0.3) is 0 Å². The number of hydrogen-bond donors (Lipinski definition) is 0. The fourth-order valence-electron chi connectivity index (χ4n) is 3.62. The average molecular weight is 407 g/mol. The van der Waals surface area contributed by atoms with Crippen molar-refractivity contribution in [3.05, 3.63) is 29.8 Å². The lowest BCUT2D eigenvalue weighted by Crippen LogP contribution is -2.49. The summed E-state index contributed by atoms with van der Waals surface area (Å²) in [6.45, 7) is 5.02. The second kappa shape index (κ2) is 8.30. The number of rotatable bonds is 5. The summed E-state index contributed by atoms with van der Waals surface area (Å²) in [7, 11) is -3.76. The molecule has 1 amide bonds. The van der Waals surface area contributed by atoms with Crippen molar-refractivity contribution in [2.45, 2.75) is 44.0 Å². The van der Waals surface area contributed by atoms with Gasteiger partial charge in [-0.2, -0.15) is 8.42 Å². The van der Waals surface area contributed by atoms with E-state index in [0.717, 1.165) is 12.8 Å². The van der Waals surface area contributed by atoms with Crippen molar-refractivity contribution in [1.82, 2.24) is 9.80 Å². The fraction of sp³-hybridized carbons (Fsp3) is 0.526. The van der Waals surface area contributed by atoms with Crippen LogP contribution in [-0.4, -0.2) is 68.2 Å². The zero-order chi connectivity index (χ0) is 20.3. The normalized spacial score (nSPS) is 20.3. The number of esters is 1. The van der Waals surface area contributed by atoms with Crippen LogP contribution in [0.4, 0.5) is 0 Å². The second-order valence-corrected chi connectivity index (χ2v) is 8.34. The van der Waals surface area contributed by atoms with E-state index < -0.39 is 22.0 Å². The lowest BCUT2D eigenvalue weighted by atomic mass is 10.0. The molecule has 1 aromatic rings. The van der Waals surface area contributed by atoms with Crippen molar-refractivity contribution in [2.24, 2.45) is 4.40 Å². The highest BCUT2D eigenvalue weighted by molar-refractivity contribution is 7.90. The van der Waals surface area contributed by atoms with Gasteiger partial charge in [0.1, 0.15) is 10.9 Å². The van der Waals surface area contributed by atoms with Crippen LogP contribution in [0, 0.1) is 0 Å². The molecule has 0 spiro atoms. The SMILES string of the molecule is CCN(CC)C(=O)COC(=O)[C@H]1CCCCN1C1=NS(=O)(=O)c2ccccc21. The summed E-state index contributed by atoms with van der Waals surface area (Å²) < 4.78 is 33.9. The minimum absolute atomic E-state index is 0.152. The molecule has 8 nitrogen and oxygen atoms in total. The first-order chi connectivity index (χ1) is 13.4. The van der Waals surface area contributed by atoms with E-state index in [1.807, 2.05) is 13.8 Å². The second-order valence-electron chi connectivity index (χ2n) is 6.76. The van der Waals surface area contributed by atoms with Crippen molar-refractivity contribution in [1.29, 1.82) is 0 Å². The Balaban J connectivity index is 1.78. The van der Waals surface area contributed by atoms with Crippen LogP contribution in [0.1, 0.15) is 38.7 Å². The number of nitrogens with zero attached hydrogens (tertiary/aromatic N) is 3. The Labute approximate surface area is 165 Å². The topological polar surface area (TPSA) is 96.3 Å². The molecule has 0 saturated carbocycles. The fourth-order valence-corrected chi connectivity index (χ4v) is 4.84. The number of piperidine rings is 1. The molecular weight excluding hydrogens is 382 g/mol. The molecule has 9 heteroatoms. The Morgan fingerprint density at radius 2 is 1.93 bits per heavy atom. The number of fused-ring (bicyclic) bond motifs is 1. The van der Waals surface area contributed by atoms with Crippen LogP contribution in [-0.2, 0) is 24.3 Å². The molecule has 1 saturated heterocycles. The van der Waals surface area contributed by atoms with Gasteiger partial charge in [0.25, 0.3) is 15.9 Å². The summed E-state index contributed by atoms with van der Waals surface area (Å²) in [5.41, 5.74) is 0.501. The van der Waals surface area contributed by atoms with Gasteiger partial charge in [0.15, 0.2) is 12.4 Å². The molecule has 28 heavy (non-hydrogen) atoms. The molecular formula is C19H25N3O5S. The maximum absolute atomic E-state index is 12.7. The number of carbonyl (C=O) groups excluding carboxylic acids is 2. The van der Waals surface area contributed by atoms with Gasteiger partial charge in [-0.15, -0.1) is 4.40 Å². The molecule has 0 N–H and O–H groups in total. The van der Waals surface area contributed by atoms with Gasteiger partial charge < -0.3 is 14.5 Å². The van der Waals surface area contributed by atoms with Gasteiger partial charge >= 0.3 is 5.97 Å². The minimum Gasteiger partial charge on any atom is -0.454 e. The third-order valence-corrected chi connectivity index (χ3v) is 6.44. The van der Waals surface area contributed by atoms with Crippen LogP contribution in [0.5, 0.6) is 0 Å². The van der Waals surface area contributed by atoms with E-state index in [0.29, 0.717) is 31.6 Å². The minimum atomic E-state index is -3.76. The summed E-state index contributed by atoms with van der Waals surface area (Å²) in [4.78, 5) is 28.3. The molecule has 152 valence electrons. The summed E-state index contributed by atoms with van der Waals surface area (Å²) in [5, 5.41) is 0. The predicted octanol–water partition coefficient (Wildman–Crippen LogP) is 1.40. The van der Waals surface area contributed by atoms with Crippen molar-refractivity contribution < 1.29 is 22.7 Å². The number of amides is 1. The largest absolute Gasteiger partial charge is 0.454 e. The van der Waals surface area contributed by atoms with Crippen LogP contribution in [0.3, 0.4) is 0 Å². The van der Waals surface area contributed by atoms with Crippen LogP contribution in [0.15, 0.2) is 33.6 Å². The maximum Gasteiger partial charge on any atom is 0.329 e. The van der Waals surface area contributed by atoms with Crippen molar-refractivity contribution in [3.8, 4) is 0 Å². The molecule has 0 bridgehead atoms. The number of carbonyl (C=O) groups is 2. The number of sulfonamides is 1. The lowest BCUT2D eigenvalue weighted by molar-refractivity contribution is -0.156. The first kappa shape index (κ1) is 20.3. The molecule has 3 rings (SSSR count). The van der Waals surface area contributed by atoms with E-state index in [2.05, 4.69) is 4.40 Å². The van der Waals surface area contributed by atoms with Crippen LogP contribution >= 0.6 is 0 Å². The van der Waals surface area contributed by atoms with Crippen LogP contribution in [0.2, 0.25) is 0 Å². The molecule has 0 radical (unpaired) electrons. The zero-order valence-electron chi connectivity index (χ0n) is 16.1. The molecule has 2 aliphatic rings. The average Bonchev–Trinajstić information content (AvgIpc) is 2.98. The van der Waals surface area contributed by atoms with E-state index in [-0.39, 0.29) is 23.2 Å². The molecule has 0 aromatic heterocycles. The number of likely N-dealkylation sites (tertiary alicyclic amines) is 1. The molecule has 1 atom stereocenters. The molecule has 1 fully saturated rings. The van der Waals surface area contributed by atoms with Crippen molar-refractivity contribution in [2.75, 3.05) is 26.2 Å². The third kappa shape index (κ3) is 3.89. The van der Waals surface area contributed by atoms with E-state index >= 15 is 0 Å². The Morgan fingerprint density at radius 1 is 1.21 bits per heavy atom. The van der Waals surface area contributed by atoms with Gasteiger partial charge in [-0.25, -0.2) is 4.79 Å². The lowest BCUT2D eigenvalue weighted by Gasteiger charge is -2.35. The number of benzene rings is 1. The number of hydrogen-bond acceptors (Lipinski definition) is 6. The van der Waals surface area contributed by atoms with Gasteiger partial charge in [0, 0.05) is 25.2 Å². The smallest absolute Gasteiger partial charge is 0.329 e. The Bertz CT molecular complexity index is 893. The summed E-state index contributed by atoms with van der Waals surface area (Å²) in [5.74, 6) is -0.483. The van der Waals surface area contributed by atoms with Gasteiger partial charge in [-0.05, 0) is 45.2 Å². The van der Waals surface area contributed by atoms with Gasteiger partial charge in [0.2, 0.25) is 0 Å². The highest BCUT2D eigenvalue weighted by atomic mass is 32.2. The highest BCUT2D eigenvalue weighted by Gasteiger charge is 2.38. The highest BCUT2D eigenvalue weighted by Crippen LogP contribution is 2.30. The zero-order valence-corrected chi connectivity index (χ0v) is 16.9. The van der Waals surface area contributed by atoms with E-state index in [4.69, 9.17) is 4.74 Å². The quantitative estimate of drug-likeness (QED) is 0.685. The van der Waals surface area contributed by atoms with Gasteiger partial charge in [-0.3, -0.25) is 4.79 Å². The molecule has 2 aliphatic heterocycles. The first-order valence-corrected chi connectivity index (χ1v) is 11.0. The monoisotopic (exact) mass is 407 g/mol. The van der Waals surface area contributed by atoms with Crippen molar-refractivity contribution >= 4 is 27.7 Å². The number of amidine groups is 1. The molecule has 0 aliphatic carbocycles. The molecule has 2 heterocycles. The number of ether oxygens (including phenoxy) is 1. The van der Waals surface area contributed by atoms with E-state index in [9.17, 15) is 18.0 Å². The maximum atomic E-state index is 12.7. The summed E-state index contributed by atoms with van der Waals surface area (Å²) >= 11 is 0. The molecule has 1 aromatic carbocycles. The third-order valence-electron chi connectivity index (χ3n) is 5.11. The Morgan fingerprint density at radius 3 is 2.64 bits per heavy atom. The van der Waals surface area contributed by atoms with Crippen LogP contribution < -0.4 is 0 Å². The number of likely N-dealkylation sites (N-methyl/N-ethyl adjacent to an activating group) is 1. The molecule has 0 unspecified atom stereocenters. The van der Waals surface area contributed by atoms with Crippen molar-refractivity contribution in [3.63, 3.8) is 0 Å².